The van der Waals surface area contributed by atoms with Crippen molar-refractivity contribution in [1.82, 2.24) is 14.5 Å². The Morgan fingerprint density at radius 1 is 1.21 bits per heavy atom. The Morgan fingerprint density at radius 3 is 2.97 bits per heavy atom. The summed E-state index contributed by atoms with van der Waals surface area (Å²) in [5.74, 6) is 1.08. The third-order valence-corrected chi connectivity index (χ3v) is 6.34. The lowest BCUT2D eigenvalue weighted by molar-refractivity contribution is -0.137. The van der Waals surface area contributed by atoms with Gasteiger partial charge in [0, 0.05) is 30.9 Å². The Morgan fingerprint density at radius 2 is 2.09 bits per heavy atom. The number of carboxylic acids is 1. The highest BCUT2D eigenvalue weighted by Gasteiger charge is 2.22. The molecule has 0 spiro atoms. The highest BCUT2D eigenvalue weighted by Crippen LogP contribution is 2.36. The summed E-state index contributed by atoms with van der Waals surface area (Å²) >= 11 is 0. The number of imidazole rings is 1. The molecule has 2 aliphatic rings. The molecular formula is C25H28N4O5. The van der Waals surface area contributed by atoms with Crippen LogP contribution < -0.4 is 14.8 Å². The summed E-state index contributed by atoms with van der Waals surface area (Å²) in [5.41, 5.74) is 3.61. The van der Waals surface area contributed by atoms with Crippen LogP contribution in [0, 0.1) is 0 Å². The molecule has 34 heavy (non-hydrogen) atoms. The molecule has 9 nitrogen and oxygen atoms in total. The second-order valence-corrected chi connectivity index (χ2v) is 8.80. The number of carbonyl (C=O) groups is 1. The largest absolute Gasteiger partial charge is 0.481 e. The van der Waals surface area contributed by atoms with Crippen molar-refractivity contribution in [3.8, 4) is 11.5 Å². The normalized spacial score (nSPS) is 15.9. The van der Waals surface area contributed by atoms with E-state index >= 15 is 0 Å². The molecule has 1 aromatic carbocycles. The number of hydrogen-bond acceptors (Lipinski definition) is 7. The van der Waals surface area contributed by atoms with E-state index in [4.69, 9.17) is 9.47 Å². The lowest BCUT2D eigenvalue weighted by Gasteiger charge is -2.17. The van der Waals surface area contributed by atoms with Gasteiger partial charge in [-0.1, -0.05) is 12.1 Å². The maximum atomic E-state index is 11.5. The molecule has 0 fully saturated rings. The Hall–Kier alpha value is -3.59. The van der Waals surface area contributed by atoms with Gasteiger partial charge in [-0.2, -0.15) is 0 Å². The van der Waals surface area contributed by atoms with Gasteiger partial charge in [-0.25, -0.2) is 9.97 Å². The number of fused-ring (bicyclic) bond motifs is 2. The first-order valence-electron chi connectivity index (χ1n) is 11.6. The predicted molar refractivity (Wildman–Crippen MR) is 124 cm³/mol. The van der Waals surface area contributed by atoms with Gasteiger partial charge in [-0.15, -0.1) is 0 Å². The van der Waals surface area contributed by atoms with Crippen molar-refractivity contribution in [3.05, 3.63) is 65.4 Å². The van der Waals surface area contributed by atoms with Crippen molar-refractivity contribution in [2.24, 2.45) is 0 Å². The molecule has 3 aromatic rings. The zero-order valence-corrected chi connectivity index (χ0v) is 18.8. The molecule has 3 N–H and O–H groups in total. The van der Waals surface area contributed by atoms with Crippen molar-refractivity contribution in [2.75, 3.05) is 18.7 Å². The molecule has 2 unspecified atom stereocenters. The summed E-state index contributed by atoms with van der Waals surface area (Å²) < 4.78 is 12.6. The summed E-state index contributed by atoms with van der Waals surface area (Å²) in [4.78, 5) is 20.6. The van der Waals surface area contributed by atoms with E-state index in [0.717, 1.165) is 36.5 Å². The average molecular weight is 465 g/mol. The van der Waals surface area contributed by atoms with Crippen molar-refractivity contribution < 1.29 is 24.5 Å². The zero-order valence-electron chi connectivity index (χ0n) is 18.8. The minimum atomic E-state index is -0.880. The number of nitrogens with one attached hydrogen (secondary N) is 1. The lowest BCUT2D eigenvalue weighted by Crippen LogP contribution is -2.14. The molecule has 0 radical (unpaired) electrons. The zero-order chi connectivity index (χ0) is 23.5. The smallest absolute Gasteiger partial charge is 0.304 e. The maximum Gasteiger partial charge on any atom is 0.304 e. The predicted octanol–water partition coefficient (Wildman–Crippen LogP) is 3.29. The highest BCUT2D eigenvalue weighted by atomic mass is 16.7. The Bertz CT molecular complexity index is 1180. The van der Waals surface area contributed by atoms with E-state index in [0.29, 0.717) is 36.6 Å². The van der Waals surface area contributed by atoms with E-state index in [2.05, 4.69) is 21.4 Å². The molecule has 4 heterocycles. The number of aromatic nitrogens is 3. The van der Waals surface area contributed by atoms with Gasteiger partial charge in [0.15, 0.2) is 11.5 Å². The lowest BCUT2D eigenvalue weighted by atomic mass is 9.95. The van der Waals surface area contributed by atoms with E-state index < -0.39 is 12.1 Å². The van der Waals surface area contributed by atoms with E-state index in [-0.39, 0.29) is 19.1 Å². The molecular weight excluding hydrogens is 436 g/mol. The molecule has 0 aliphatic carbocycles. The monoisotopic (exact) mass is 464 g/mol. The van der Waals surface area contributed by atoms with Crippen LogP contribution in [0.25, 0.3) is 0 Å². The number of aliphatic carboxylic acids is 1. The van der Waals surface area contributed by atoms with Crippen LogP contribution in [0.1, 0.15) is 53.8 Å². The van der Waals surface area contributed by atoms with Crippen LogP contribution in [-0.4, -0.2) is 44.1 Å². The first-order valence-corrected chi connectivity index (χ1v) is 11.6. The highest BCUT2D eigenvalue weighted by molar-refractivity contribution is 5.68. The van der Waals surface area contributed by atoms with Crippen LogP contribution in [0.5, 0.6) is 11.5 Å². The number of pyridine rings is 1. The van der Waals surface area contributed by atoms with E-state index in [1.807, 2.05) is 22.8 Å². The quantitative estimate of drug-likeness (QED) is 0.441. The number of anilines is 1. The van der Waals surface area contributed by atoms with Crippen molar-refractivity contribution >= 4 is 11.8 Å². The van der Waals surface area contributed by atoms with Gasteiger partial charge in [0.05, 0.1) is 24.5 Å². The van der Waals surface area contributed by atoms with Gasteiger partial charge in [0.25, 0.3) is 0 Å². The first kappa shape index (κ1) is 22.2. The molecule has 0 saturated heterocycles. The Balaban J connectivity index is 1.23. The molecule has 2 aliphatic heterocycles. The van der Waals surface area contributed by atoms with E-state index in [1.54, 1.807) is 18.6 Å². The summed E-state index contributed by atoms with van der Waals surface area (Å²) in [7, 11) is 0. The molecule has 9 heteroatoms. The first-order chi connectivity index (χ1) is 16.5. The number of aryl methyl sites for hydroxylation is 2. The van der Waals surface area contributed by atoms with Crippen LogP contribution in [0.15, 0.2) is 42.9 Å². The fourth-order valence-electron chi connectivity index (χ4n) is 4.51. The second-order valence-electron chi connectivity index (χ2n) is 8.80. The number of nitrogens with zero attached hydrogens (tertiary/aromatic N) is 3. The van der Waals surface area contributed by atoms with Gasteiger partial charge in [0.2, 0.25) is 6.79 Å². The van der Waals surface area contributed by atoms with Gasteiger partial charge >= 0.3 is 5.97 Å². The molecule has 2 atom stereocenters. The molecule has 178 valence electrons. The number of ether oxygens (including phenoxy) is 2. The third kappa shape index (κ3) is 4.99. The summed E-state index contributed by atoms with van der Waals surface area (Å²) in [5, 5.41) is 23.5. The SMILES string of the molecule is O=C(O)CC(Cn1cnc(C(O)CCc2ccc3c(n2)NCCC3)c1)c1ccc2c(c1)OCO2. The van der Waals surface area contributed by atoms with Crippen molar-refractivity contribution in [1.29, 1.82) is 0 Å². The van der Waals surface area contributed by atoms with Crippen LogP contribution in [0.4, 0.5) is 5.82 Å². The summed E-state index contributed by atoms with van der Waals surface area (Å²) in [6, 6.07) is 9.65. The van der Waals surface area contributed by atoms with Crippen LogP contribution >= 0.6 is 0 Å². The van der Waals surface area contributed by atoms with Crippen molar-refractivity contribution in [3.63, 3.8) is 0 Å². The Kier molecular flexibility index (Phi) is 6.35. The fourth-order valence-corrected chi connectivity index (χ4v) is 4.51. The minimum Gasteiger partial charge on any atom is -0.481 e. The Labute approximate surface area is 197 Å². The number of rotatable bonds is 9. The van der Waals surface area contributed by atoms with E-state index in [1.165, 1.54) is 5.56 Å². The fraction of sp³-hybridized carbons (Fsp3) is 0.400. The molecule has 0 amide bonds. The summed E-state index contributed by atoms with van der Waals surface area (Å²) in [6.45, 7) is 1.53. The maximum absolute atomic E-state index is 11.5. The molecule has 5 rings (SSSR count). The average Bonchev–Trinajstić information content (AvgIpc) is 3.51. The molecule has 0 bridgehead atoms. The standard InChI is InChI=1S/C25H28N4O5/c30-21(7-6-19-5-3-16-2-1-9-26-25(16)28-19)20-13-29(14-27-20)12-18(11-24(31)32)17-4-8-22-23(10-17)34-15-33-22/h3-5,8,10,13-14,18,21,30H,1-2,6-7,9,11-12,15H2,(H,26,28)(H,31,32). The molecule has 2 aromatic heterocycles. The minimum absolute atomic E-state index is 0.0340. The summed E-state index contributed by atoms with van der Waals surface area (Å²) in [6.07, 6.45) is 5.98. The van der Waals surface area contributed by atoms with Gasteiger partial charge < -0.3 is 29.6 Å². The topological polar surface area (TPSA) is 119 Å². The van der Waals surface area contributed by atoms with Crippen LogP contribution in [0.2, 0.25) is 0 Å². The number of aliphatic hydroxyl groups excluding tert-OH is 1. The third-order valence-electron chi connectivity index (χ3n) is 6.34. The van der Waals surface area contributed by atoms with Gasteiger partial charge in [0.1, 0.15) is 5.82 Å². The number of carboxylic acid groups (broad SMARTS) is 1. The van der Waals surface area contributed by atoms with Gasteiger partial charge in [-0.05, 0) is 55.0 Å². The van der Waals surface area contributed by atoms with Crippen molar-refractivity contribution in [2.45, 2.75) is 50.7 Å². The number of aliphatic hydroxyl groups is 1. The van der Waals surface area contributed by atoms with Gasteiger partial charge in [-0.3, -0.25) is 4.79 Å². The number of hydrogen-bond donors (Lipinski definition) is 3. The van der Waals surface area contributed by atoms with Crippen LogP contribution in [-0.2, 0) is 24.2 Å². The van der Waals surface area contributed by atoms with Crippen LogP contribution in [0.3, 0.4) is 0 Å². The van der Waals surface area contributed by atoms with E-state index in [9.17, 15) is 15.0 Å². The number of benzene rings is 1. The second kappa shape index (κ2) is 9.72. The molecule has 0 saturated carbocycles.